The minimum atomic E-state index is -3.51. The Bertz CT molecular complexity index is 950. The van der Waals surface area contributed by atoms with Crippen molar-refractivity contribution >= 4 is 40.0 Å². The molecule has 0 spiro atoms. The third-order valence-electron chi connectivity index (χ3n) is 4.69. The largest absolute Gasteiger partial charge is 0.357 e. The fourth-order valence-corrected chi connectivity index (χ4v) is 4.16. The maximum absolute atomic E-state index is 12.3. The molecule has 2 rings (SSSR count). The van der Waals surface area contributed by atoms with Gasteiger partial charge in [-0.05, 0) is 45.7 Å². The van der Waals surface area contributed by atoms with Crippen LogP contribution < -0.4 is 15.4 Å². The van der Waals surface area contributed by atoms with Crippen molar-refractivity contribution in [1.29, 1.82) is 0 Å². The smallest absolute Gasteiger partial charge is 0.242 e. The summed E-state index contributed by atoms with van der Waals surface area (Å²) in [7, 11) is 0.225. The predicted molar refractivity (Wildman–Crippen MR) is 131 cm³/mol. The summed E-state index contributed by atoms with van der Waals surface area (Å²) < 4.78 is 30.7. The van der Waals surface area contributed by atoms with Crippen molar-refractivity contribution in [2.24, 2.45) is 19.1 Å². The van der Waals surface area contributed by atoms with Gasteiger partial charge in [-0.3, -0.25) is 9.67 Å². The third kappa shape index (κ3) is 7.27. The van der Waals surface area contributed by atoms with E-state index in [4.69, 9.17) is 0 Å². The van der Waals surface area contributed by atoms with Crippen molar-refractivity contribution in [2.45, 2.75) is 45.1 Å². The normalized spacial score (nSPS) is 13.1. The van der Waals surface area contributed by atoms with Crippen LogP contribution in [0.5, 0.6) is 0 Å². The van der Waals surface area contributed by atoms with Gasteiger partial charge in [-0.25, -0.2) is 13.1 Å². The van der Waals surface area contributed by atoms with E-state index in [1.54, 1.807) is 30.1 Å². The topological polar surface area (TPSA) is 105 Å². The molecule has 170 valence electrons. The highest BCUT2D eigenvalue weighted by atomic mass is 127. The maximum atomic E-state index is 12.3. The molecule has 0 aliphatic rings. The van der Waals surface area contributed by atoms with Crippen molar-refractivity contribution in [2.75, 3.05) is 19.6 Å². The lowest BCUT2D eigenvalue weighted by atomic mass is 10.1. The van der Waals surface area contributed by atoms with Gasteiger partial charge in [0.05, 0.1) is 17.1 Å². The molecule has 0 radical (unpaired) electrons. The zero-order valence-corrected chi connectivity index (χ0v) is 21.7. The Balaban J connectivity index is 0.00000450. The van der Waals surface area contributed by atoms with E-state index in [1.165, 1.54) is 5.56 Å². The molecule has 3 N–H and O–H groups in total. The number of aryl methyl sites for hydroxylation is 3. The summed E-state index contributed by atoms with van der Waals surface area (Å²) >= 11 is 0. The van der Waals surface area contributed by atoms with Crippen molar-refractivity contribution in [3.63, 3.8) is 0 Å². The summed E-state index contributed by atoms with van der Waals surface area (Å²) in [5.41, 5.74) is 3.43. The first-order valence-corrected chi connectivity index (χ1v) is 11.3. The fraction of sp³-hybridized carbons (Fsp3) is 0.579. The summed E-state index contributed by atoms with van der Waals surface area (Å²) in [5, 5.41) is 11.1. The van der Waals surface area contributed by atoms with Gasteiger partial charge < -0.3 is 15.2 Å². The molecule has 1 unspecified atom stereocenters. The van der Waals surface area contributed by atoms with Gasteiger partial charge in [0.15, 0.2) is 5.96 Å². The van der Waals surface area contributed by atoms with Crippen LogP contribution in [-0.2, 0) is 30.5 Å². The van der Waals surface area contributed by atoms with Gasteiger partial charge in [0, 0.05) is 51.3 Å². The molecule has 2 heterocycles. The van der Waals surface area contributed by atoms with Crippen LogP contribution >= 0.6 is 24.0 Å². The van der Waals surface area contributed by atoms with E-state index in [0.29, 0.717) is 12.5 Å². The highest BCUT2D eigenvalue weighted by Gasteiger charge is 2.15. The molecule has 2 aromatic rings. The number of hydrogen-bond acceptors (Lipinski definition) is 4. The van der Waals surface area contributed by atoms with Crippen molar-refractivity contribution in [3.05, 3.63) is 35.4 Å². The van der Waals surface area contributed by atoms with Gasteiger partial charge in [-0.2, -0.15) is 5.10 Å². The zero-order valence-electron chi connectivity index (χ0n) is 18.6. The van der Waals surface area contributed by atoms with Gasteiger partial charge in [0.25, 0.3) is 0 Å². The lowest BCUT2D eigenvalue weighted by Gasteiger charge is -2.18. The zero-order chi connectivity index (χ0) is 21.6. The lowest BCUT2D eigenvalue weighted by Crippen LogP contribution is -2.43. The number of rotatable bonds is 9. The van der Waals surface area contributed by atoms with Crippen LogP contribution in [0.1, 0.15) is 30.8 Å². The minimum absolute atomic E-state index is 0. The SMILES string of the molecule is CCNC(=NCCNS(=O)(=O)c1ccn(C)c1)NC(C)Cc1c(C)nn(C)c1C.I. The number of nitrogens with one attached hydrogen (secondary N) is 3. The van der Waals surface area contributed by atoms with Gasteiger partial charge in [0.2, 0.25) is 10.0 Å². The molecule has 0 amide bonds. The molecule has 30 heavy (non-hydrogen) atoms. The van der Waals surface area contributed by atoms with Crippen LogP contribution in [0, 0.1) is 13.8 Å². The van der Waals surface area contributed by atoms with Crippen LogP contribution in [0.3, 0.4) is 0 Å². The summed E-state index contributed by atoms with van der Waals surface area (Å²) in [6.45, 7) is 9.46. The van der Waals surface area contributed by atoms with Gasteiger partial charge in [0.1, 0.15) is 0 Å². The Hall–Kier alpha value is -1.60. The number of aliphatic imine (C=N–C) groups is 1. The Morgan fingerprint density at radius 3 is 2.53 bits per heavy atom. The highest BCUT2D eigenvalue weighted by Crippen LogP contribution is 2.14. The molecule has 0 saturated carbocycles. The van der Waals surface area contributed by atoms with Gasteiger partial charge in [-0.1, -0.05) is 0 Å². The number of hydrogen-bond donors (Lipinski definition) is 3. The van der Waals surface area contributed by atoms with E-state index in [0.717, 1.165) is 24.4 Å². The standard InChI is InChI=1S/C19H33N7O2S.HI/c1-7-20-19(23-14(2)12-18-15(3)24-26(6)16(18)4)21-9-10-22-29(27,28)17-8-11-25(5)13-17;/h8,11,13-14,22H,7,9-10,12H2,1-6H3,(H2,20,21,23);1H. The van der Waals surface area contributed by atoms with Crippen LogP contribution in [0.25, 0.3) is 0 Å². The van der Waals surface area contributed by atoms with Crippen LogP contribution in [0.2, 0.25) is 0 Å². The monoisotopic (exact) mass is 551 g/mol. The Labute approximate surface area is 196 Å². The van der Waals surface area contributed by atoms with Crippen molar-refractivity contribution in [1.82, 2.24) is 29.7 Å². The Morgan fingerprint density at radius 2 is 2.00 bits per heavy atom. The number of nitrogens with zero attached hydrogens (tertiary/aromatic N) is 4. The third-order valence-corrected chi connectivity index (χ3v) is 6.13. The van der Waals surface area contributed by atoms with E-state index in [2.05, 4.69) is 39.3 Å². The van der Waals surface area contributed by atoms with Crippen molar-refractivity contribution in [3.8, 4) is 0 Å². The average molecular weight is 551 g/mol. The highest BCUT2D eigenvalue weighted by molar-refractivity contribution is 14.0. The summed E-state index contributed by atoms with van der Waals surface area (Å²) in [4.78, 5) is 4.74. The summed E-state index contributed by atoms with van der Waals surface area (Å²) in [6.07, 6.45) is 4.10. The second kappa shape index (κ2) is 11.7. The first-order valence-electron chi connectivity index (χ1n) is 9.79. The van der Waals surface area contributed by atoms with E-state index >= 15 is 0 Å². The summed E-state index contributed by atoms with van der Waals surface area (Å²) in [5.74, 6) is 0.665. The molecule has 11 heteroatoms. The maximum Gasteiger partial charge on any atom is 0.242 e. The van der Waals surface area contributed by atoms with Crippen LogP contribution in [-0.4, -0.2) is 54.4 Å². The predicted octanol–water partition coefficient (Wildman–Crippen LogP) is 1.46. The fourth-order valence-electron chi connectivity index (χ4n) is 3.09. The molecule has 0 aliphatic carbocycles. The van der Waals surface area contributed by atoms with Crippen LogP contribution in [0.15, 0.2) is 28.3 Å². The quantitative estimate of drug-likeness (QED) is 0.190. The van der Waals surface area contributed by atoms with E-state index in [-0.39, 0.29) is 41.5 Å². The first kappa shape index (κ1) is 26.4. The molecule has 0 aliphatic heterocycles. The van der Waals surface area contributed by atoms with Crippen LogP contribution in [0.4, 0.5) is 0 Å². The van der Waals surface area contributed by atoms with E-state index in [1.807, 2.05) is 25.6 Å². The van der Waals surface area contributed by atoms with Gasteiger partial charge in [-0.15, -0.1) is 24.0 Å². The molecule has 9 nitrogen and oxygen atoms in total. The average Bonchev–Trinajstić information content (AvgIpc) is 3.18. The molecular weight excluding hydrogens is 517 g/mol. The molecule has 0 fully saturated rings. The molecular formula is C19H34IN7O2S. The summed E-state index contributed by atoms with van der Waals surface area (Å²) in [6, 6.07) is 1.72. The number of guanidine groups is 1. The number of aromatic nitrogens is 3. The Morgan fingerprint density at radius 1 is 1.30 bits per heavy atom. The molecule has 1 atom stereocenters. The second-order valence-electron chi connectivity index (χ2n) is 7.19. The molecule has 0 bridgehead atoms. The number of halogens is 1. The van der Waals surface area contributed by atoms with E-state index in [9.17, 15) is 8.42 Å². The second-order valence-corrected chi connectivity index (χ2v) is 8.96. The lowest BCUT2D eigenvalue weighted by molar-refractivity contribution is 0.581. The van der Waals surface area contributed by atoms with E-state index < -0.39 is 10.0 Å². The molecule has 0 aromatic carbocycles. The minimum Gasteiger partial charge on any atom is -0.357 e. The Kier molecular flexibility index (Phi) is 10.3. The van der Waals surface area contributed by atoms with Crippen molar-refractivity contribution < 1.29 is 8.42 Å². The molecule has 0 saturated heterocycles. The molecule has 2 aromatic heterocycles. The first-order chi connectivity index (χ1) is 13.6. The van der Waals surface area contributed by atoms with Gasteiger partial charge >= 0.3 is 0 Å². The number of sulfonamides is 1.